The minimum absolute atomic E-state index is 0.0557. The molecule has 0 saturated carbocycles. The molecule has 5 heteroatoms. The zero-order valence-electron chi connectivity index (χ0n) is 10.6. The van der Waals surface area contributed by atoms with Gasteiger partial charge < -0.3 is 5.32 Å². The van der Waals surface area contributed by atoms with Crippen LogP contribution < -0.4 is 5.32 Å². The van der Waals surface area contributed by atoms with E-state index < -0.39 is 16.6 Å². The highest BCUT2D eigenvalue weighted by Gasteiger charge is 2.14. The van der Waals surface area contributed by atoms with Crippen molar-refractivity contribution in [3.63, 3.8) is 0 Å². The van der Waals surface area contributed by atoms with Gasteiger partial charge in [-0.15, -0.1) is 0 Å². The molecule has 0 aliphatic rings. The number of hydrogen-bond donors (Lipinski definition) is 1. The predicted molar refractivity (Wildman–Crippen MR) is 70.2 cm³/mol. The molecule has 1 aromatic carbocycles. The molecule has 0 aliphatic heterocycles. The first-order chi connectivity index (χ1) is 8.54. The number of carbonyl (C=O) groups excluding carboxylic acids is 1. The molecule has 1 N–H and O–H groups in total. The third-order valence-electron chi connectivity index (χ3n) is 2.47. The van der Waals surface area contributed by atoms with Crippen LogP contribution in [0.4, 0.5) is 4.39 Å². The van der Waals surface area contributed by atoms with Gasteiger partial charge in [0.25, 0.3) is 0 Å². The van der Waals surface area contributed by atoms with Crippen LogP contribution in [0, 0.1) is 5.82 Å². The molecule has 2 unspecified atom stereocenters. The normalized spacial score (nSPS) is 13.9. The summed E-state index contributed by atoms with van der Waals surface area (Å²) in [5, 5.41) is 2.75. The predicted octanol–water partition coefficient (Wildman–Crippen LogP) is 2.24. The van der Waals surface area contributed by atoms with E-state index >= 15 is 0 Å². The minimum Gasteiger partial charge on any atom is -0.353 e. The fourth-order valence-corrected chi connectivity index (χ4v) is 2.64. The standard InChI is InChI=1S/C13H18FNO2S/c1-3-6-10(2)15-13(16)9-18(17)12-8-5-4-7-11(12)14/h4-5,7-8,10H,3,6,9H2,1-2H3,(H,15,16). The molecular weight excluding hydrogens is 253 g/mol. The van der Waals surface area contributed by atoms with E-state index in [0.29, 0.717) is 0 Å². The van der Waals surface area contributed by atoms with E-state index in [2.05, 4.69) is 5.32 Å². The van der Waals surface area contributed by atoms with E-state index in [0.717, 1.165) is 12.8 Å². The van der Waals surface area contributed by atoms with Gasteiger partial charge in [-0.3, -0.25) is 9.00 Å². The Bertz CT molecular complexity index is 437. The van der Waals surface area contributed by atoms with Crippen LogP contribution in [0.15, 0.2) is 29.2 Å². The molecule has 18 heavy (non-hydrogen) atoms. The minimum atomic E-state index is -1.63. The number of benzene rings is 1. The lowest BCUT2D eigenvalue weighted by Gasteiger charge is -2.12. The van der Waals surface area contributed by atoms with Crippen molar-refractivity contribution in [3.05, 3.63) is 30.1 Å². The first kappa shape index (κ1) is 14.8. The van der Waals surface area contributed by atoms with Crippen molar-refractivity contribution >= 4 is 16.7 Å². The summed E-state index contributed by atoms with van der Waals surface area (Å²) in [6, 6.07) is 5.87. The number of rotatable bonds is 6. The molecule has 2 atom stereocenters. The molecule has 0 heterocycles. The summed E-state index contributed by atoms with van der Waals surface area (Å²) in [5.41, 5.74) is 0. The van der Waals surface area contributed by atoms with Crippen LogP contribution in [-0.2, 0) is 15.6 Å². The highest BCUT2D eigenvalue weighted by molar-refractivity contribution is 7.85. The van der Waals surface area contributed by atoms with E-state index in [1.54, 1.807) is 6.07 Å². The average molecular weight is 271 g/mol. The maximum Gasteiger partial charge on any atom is 0.233 e. The molecule has 1 rings (SSSR count). The van der Waals surface area contributed by atoms with Crippen LogP contribution in [0.5, 0.6) is 0 Å². The fourth-order valence-electron chi connectivity index (χ4n) is 1.65. The maximum atomic E-state index is 13.3. The van der Waals surface area contributed by atoms with Gasteiger partial charge in [0.05, 0.1) is 15.7 Å². The Morgan fingerprint density at radius 1 is 1.44 bits per heavy atom. The van der Waals surface area contributed by atoms with E-state index in [1.807, 2.05) is 13.8 Å². The molecule has 0 fully saturated rings. The second-order valence-corrected chi connectivity index (χ2v) is 5.60. The van der Waals surface area contributed by atoms with E-state index in [4.69, 9.17) is 0 Å². The molecule has 0 aliphatic carbocycles. The van der Waals surface area contributed by atoms with Gasteiger partial charge in [-0.25, -0.2) is 4.39 Å². The van der Waals surface area contributed by atoms with Crippen molar-refractivity contribution in [2.24, 2.45) is 0 Å². The van der Waals surface area contributed by atoms with Crippen LogP contribution in [0.3, 0.4) is 0 Å². The Morgan fingerprint density at radius 2 is 2.11 bits per heavy atom. The monoisotopic (exact) mass is 271 g/mol. The van der Waals surface area contributed by atoms with Crippen molar-refractivity contribution in [2.75, 3.05) is 5.75 Å². The molecule has 100 valence electrons. The van der Waals surface area contributed by atoms with Crippen molar-refractivity contribution in [2.45, 2.75) is 37.6 Å². The van der Waals surface area contributed by atoms with Gasteiger partial charge >= 0.3 is 0 Å². The van der Waals surface area contributed by atoms with Crippen LogP contribution in [0.25, 0.3) is 0 Å². The van der Waals surface area contributed by atoms with Crippen LogP contribution in [0.1, 0.15) is 26.7 Å². The second-order valence-electron chi connectivity index (χ2n) is 4.18. The van der Waals surface area contributed by atoms with Gasteiger partial charge in [0.2, 0.25) is 5.91 Å². The van der Waals surface area contributed by atoms with Gasteiger partial charge in [0.15, 0.2) is 0 Å². The number of hydrogen-bond acceptors (Lipinski definition) is 2. The first-order valence-corrected chi connectivity index (χ1v) is 7.28. The Kier molecular flexibility index (Phi) is 5.98. The highest BCUT2D eigenvalue weighted by Crippen LogP contribution is 2.11. The number of nitrogens with one attached hydrogen (secondary N) is 1. The summed E-state index contributed by atoms with van der Waals surface area (Å²) < 4.78 is 25.2. The third-order valence-corrected chi connectivity index (χ3v) is 3.82. The van der Waals surface area contributed by atoms with Crippen LogP contribution >= 0.6 is 0 Å². The molecule has 1 amide bonds. The zero-order chi connectivity index (χ0) is 13.5. The van der Waals surface area contributed by atoms with Crippen molar-refractivity contribution in [1.82, 2.24) is 5.32 Å². The number of halogens is 1. The number of carbonyl (C=O) groups is 1. The van der Waals surface area contributed by atoms with Gasteiger partial charge in [0.1, 0.15) is 11.6 Å². The average Bonchev–Trinajstić information content (AvgIpc) is 2.29. The Balaban J connectivity index is 2.55. The van der Waals surface area contributed by atoms with E-state index in [1.165, 1.54) is 18.2 Å². The van der Waals surface area contributed by atoms with Crippen molar-refractivity contribution in [1.29, 1.82) is 0 Å². The van der Waals surface area contributed by atoms with E-state index in [-0.39, 0.29) is 22.6 Å². The lowest BCUT2D eigenvalue weighted by Crippen LogP contribution is -2.35. The van der Waals surface area contributed by atoms with Gasteiger partial charge in [-0.2, -0.15) is 0 Å². The molecule has 0 saturated heterocycles. The molecule has 0 aromatic heterocycles. The van der Waals surface area contributed by atoms with Crippen LogP contribution in [-0.4, -0.2) is 21.9 Å². The first-order valence-electron chi connectivity index (χ1n) is 5.96. The highest BCUT2D eigenvalue weighted by atomic mass is 32.2. The molecule has 3 nitrogen and oxygen atoms in total. The summed E-state index contributed by atoms with van der Waals surface area (Å²) in [6.07, 6.45) is 1.84. The summed E-state index contributed by atoms with van der Waals surface area (Å²) in [7, 11) is -1.63. The third kappa shape index (κ3) is 4.56. The summed E-state index contributed by atoms with van der Waals surface area (Å²) in [5.74, 6) is -1.04. The zero-order valence-corrected chi connectivity index (χ0v) is 11.4. The quantitative estimate of drug-likeness (QED) is 0.862. The smallest absolute Gasteiger partial charge is 0.233 e. The molecule has 0 radical (unpaired) electrons. The largest absolute Gasteiger partial charge is 0.353 e. The molecular formula is C13H18FNO2S. The van der Waals surface area contributed by atoms with E-state index in [9.17, 15) is 13.4 Å². The second kappa shape index (κ2) is 7.26. The fraction of sp³-hybridized carbons (Fsp3) is 0.462. The summed E-state index contributed by atoms with van der Waals surface area (Å²) >= 11 is 0. The number of amides is 1. The van der Waals surface area contributed by atoms with Gasteiger partial charge in [-0.05, 0) is 25.5 Å². The Hall–Kier alpha value is -1.23. The molecule has 0 spiro atoms. The maximum absolute atomic E-state index is 13.3. The Morgan fingerprint density at radius 3 is 2.72 bits per heavy atom. The van der Waals surface area contributed by atoms with Crippen LogP contribution in [0.2, 0.25) is 0 Å². The summed E-state index contributed by atoms with van der Waals surface area (Å²) in [4.78, 5) is 11.7. The Labute approximate surface area is 109 Å². The molecule has 1 aromatic rings. The lowest BCUT2D eigenvalue weighted by molar-refractivity contribution is -0.119. The SMILES string of the molecule is CCCC(C)NC(=O)CS(=O)c1ccccc1F. The topological polar surface area (TPSA) is 46.2 Å². The van der Waals surface area contributed by atoms with Crippen molar-refractivity contribution in [3.8, 4) is 0 Å². The molecule has 0 bridgehead atoms. The summed E-state index contributed by atoms with van der Waals surface area (Å²) in [6.45, 7) is 3.92. The lowest BCUT2D eigenvalue weighted by atomic mass is 10.2. The van der Waals surface area contributed by atoms with Crippen molar-refractivity contribution < 1.29 is 13.4 Å². The van der Waals surface area contributed by atoms with Gasteiger partial charge in [-0.1, -0.05) is 25.5 Å². The van der Waals surface area contributed by atoms with Gasteiger partial charge in [0, 0.05) is 6.04 Å².